The Morgan fingerprint density at radius 3 is 2.10 bits per heavy atom. The molecule has 1 fully saturated rings. The van der Waals surface area contributed by atoms with Crippen molar-refractivity contribution < 1.29 is 23.9 Å². The van der Waals surface area contributed by atoms with E-state index in [0.717, 1.165) is 0 Å². The standard InChI is InChI=1S/C14H11NO5/c1-14(2)19-12(17)9(13(18)20-14)10-7-5-3-4-6-8(7)11(16)15-10/h3-6H,1-2H3,(H,15,16). The average molecular weight is 273 g/mol. The number of rotatable bonds is 0. The average Bonchev–Trinajstić information content (AvgIpc) is 2.65. The zero-order valence-electron chi connectivity index (χ0n) is 10.9. The van der Waals surface area contributed by atoms with Crippen LogP contribution in [0.25, 0.3) is 5.70 Å². The van der Waals surface area contributed by atoms with Crippen LogP contribution < -0.4 is 5.32 Å². The quantitative estimate of drug-likeness (QED) is 0.433. The minimum Gasteiger partial charge on any atom is -0.419 e. The van der Waals surface area contributed by atoms with E-state index in [4.69, 9.17) is 9.47 Å². The van der Waals surface area contributed by atoms with E-state index in [1.165, 1.54) is 13.8 Å². The molecule has 3 rings (SSSR count). The van der Waals surface area contributed by atoms with Crippen LogP contribution >= 0.6 is 0 Å². The van der Waals surface area contributed by atoms with E-state index < -0.39 is 17.7 Å². The Balaban J connectivity index is 2.15. The molecule has 1 aromatic carbocycles. The smallest absolute Gasteiger partial charge is 0.351 e. The second kappa shape index (κ2) is 3.93. The molecule has 6 nitrogen and oxygen atoms in total. The Kier molecular flexibility index (Phi) is 2.44. The lowest BCUT2D eigenvalue weighted by Crippen LogP contribution is -2.42. The highest BCUT2D eigenvalue weighted by Gasteiger charge is 2.43. The van der Waals surface area contributed by atoms with Crippen molar-refractivity contribution in [1.29, 1.82) is 0 Å². The molecule has 1 amide bonds. The van der Waals surface area contributed by atoms with Crippen molar-refractivity contribution in [1.82, 2.24) is 5.32 Å². The summed E-state index contributed by atoms with van der Waals surface area (Å²) in [5, 5.41) is 2.52. The fourth-order valence-corrected chi connectivity index (χ4v) is 2.20. The number of amides is 1. The first-order chi connectivity index (χ1) is 9.39. The third-order valence-electron chi connectivity index (χ3n) is 3.01. The third-order valence-corrected chi connectivity index (χ3v) is 3.01. The van der Waals surface area contributed by atoms with Crippen LogP contribution in [0.15, 0.2) is 29.8 Å². The van der Waals surface area contributed by atoms with Crippen LogP contribution in [0.2, 0.25) is 0 Å². The molecule has 6 heteroatoms. The number of cyclic esters (lactones) is 2. The molecule has 2 aliphatic heterocycles. The summed E-state index contributed by atoms with van der Waals surface area (Å²) >= 11 is 0. The molecule has 2 aliphatic rings. The van der Waals surface area contributed by atoms with Gasteiger partial charge in [0.2, 0.25) is 0 Å². The van der Waals surface area contributed by atoms with E-state index >= 15 is 0 Å². The van der Waals surface area contributed by atoms with Crippen LogP contribution in [-0.2, 0) is 19.1 Å². The van der Waals surface area contributed by atoms with Gasteiger partial charge in [-0.15, -0.1) is 0 Å². The highest BCUT2D eigenvalue weighted by Crippen LogP contribution is 2.31. The summed E-state index contributed by atoms with van der Waals surface area (Å²) in [5.74, 6) is -3.29. The van der Waals surface area contributed by atoms with Gasteiger partial charge in [-0.2, -0.15) is 0 Å². The van der Waals surface area contributed by atoms with E-state index in [2.05, 4.69) is 5.32 Å². The first-order valence-corrected chi connectivity index (χ1v) is 6.01. The van der Waals surface area contributed by atoms with Gasteiger partial charge in [-0.3, -0.25) is 4.79 Å². The summed E-state index contributed by atoms with van der Waals surface area (Å²) in [5.41, 5.74) is 0.736. The van der Waals surface area contributed by atoms with E-state index in [1.54, 1.807) is 24.3 Å². The van der Waals surface area contributed by atoms with Gasteiger partial charge < -0.3 is 14.8 Å². The Morgan fingerprint density at radius 2 is 1.50 bits per heavy atom. The lowest BCUT2D eigenvalue weighted by molar-refractivity contribution is -0.222. The van der Waals surface area contributed by atoms with Gasteiger partial charge in [-0.05, 0) is 6.07 Å². The Hall–Kier alpha value is -2.63. The second-order valence-electron chi connectivity index (χ2n) is 4.93. The molecule has 1 saturated heterocycles. The topological polar surface area (TPSA) is 81.7 Å². The molecule has 1 aromatic rings. The van der Waals surface area contributed by atoms with Gasteiger partial charge in [0.25, 0.3) is 11.7 Å². The maximum Gasteiger partial charge on any atom is 0.351 e. The molecule has 0 unspecified atom stereocenters. The predicted molar refractivity (Wildman–Crippen MR) is 67.1 cm³/mol. The molecule has 0 aromatic heterocycles. The maximum absolute atomic E-state index is 12.0. The molecular weight excluding hydrogens is 262 g/mol. The van der Waals surface area contributed by atoms with Crippen LogP contribution in [0.4, 0.5) is 0 Å². The Bertz CT molecular complexity index is 665. The molecule has 0 spiro atoms. The number of hydrogen-bond donors (Lipinski definition) is 1. The zero-order valence-corrected chi connectivity index (χ0v) is 10.9. The number of benzene rings is 1. The fraction of sp³-hybridized carbons (Fsp3) is 0.214. The summed E-state index contributed by atoms with van der Waals surface area (Å²) in [7, 11) is 0. The summed E-state index contributed by atoms with van der Waals surface area (Å²) in [6.07, 6.45) is 0. The lowest BCUT2D eigenvalue weighted by Gasteiger charge is -2.30. The van der Waals surface area contributed by atoms with Crippen molar-refractivity contribution in [2.24, 2.45) is 0 Å². The number of carbonyl (C=O) groups is 3. The summed E-state index contributed by atoms with van der Waals surface area (Å²) < 4.78 is 10.1. The van der Waals surface area contributed by atoms with Crippen molar-refractivity contribution in [3.63, 3.8) is 0 Å². The lowest BCUT2D eigenvalue weighted by atomic mass is 10.0. The molecule has 0 saturated carbocycles. The first-order valence-electron chi connectivity index (χ1n) is 6.01. The highest BCUT2D eigenvalue weighted by molar-refractivity contribution is 6.25. The van der Waals surface area contributed by atoms with Crippen molar-refractivity contribution in [3.05, 3.63) is 41.0 Å². The van der Waals surface area contributed by atoms with Crippen LogP contribution in [0, 0.1) is 0 Å². The maximum atomic E-state index is 12.0. The molecule has 0 radical (unpaired) electrons. The fourth-order valence-electron chi connectivity index (χ4n) is 2.20. The number of fused-ring (bicyclic) bond motifs is 1. The van der Waals surface area contributed by atoms with Crippen LogP contribution in [-0.4, -0.2) is 23.6 Å². The molecular formula is C14H11NO5. The molecule has 0 aliphatic carbocycles. The SMILES string of the molecule is CC1(C)OC(=O)C(=C2NC(=O)c3ccccc32)C(=O)O1. The minimum absolute atomic E-state index is 0.135. The van der Waals surface area contributed by atoms with Crippen molar-refractivity contribution in [2.75, 3.05) is 0 Å². The largest absolute Gasteiger partial charge is 0.419 e. The van der Waals surface area contributed by atoms with Gasteiger partial charge in [0.05, 0.1) is 5.70 Å². The van der Waals surface area contributed by atoms with Crippen molar-refractivity contribution in [3.8, 4) is 0 Å². The zero-order chi connectivity index (χ0) is 14.5. The van der Waals surface area contributed by atoms with Gasteiger partial charge in [-0.1, -0.05) is 18.2 Å². The number of hydrogen-bond acceptors (Lipinski definition) is 5. The van der Waals surface area contributed by atoms with Gasteiger partial charge >= 0.3 is 11.9 Å². The van der Waals surface area contributed by atoms with E-state index in [0.29, 0.717) is 11.1 Å². The summed E-state index contributed by atoms with van der Waals surface area (Å²) in [6.45, 7) is 2.93. The Morgan fingerprint density at radius 1 is 0.950 bits per heavy atom. The predicted octanol–water partition coefficient (Wildman–Crippen LogP) is 0.977. The van der Waals surface area contributed by atoms with Crippen LogP contribution in [0.1, 0.15) is 29.8 Å². The number of nitrogens with one attached hydrogen (secondary N) is 1. The first kappa shape index (κ1) is 12.4. The van der Waals surface area contributed by atoms with Gasteiger partial charge in [-0.25, -0.2) is 9.59 Å². The number of carbonyl (C=O) groups excluding carboxylic acids is 3. The minimum atomic E-state index is -1.31. The third kappa shape index (κ3) is 1.77. The van der Waals surface area contributed by atoms with E-state index in [9.17, 15) is 14.4 Å². The summed E-state index contributed by atoms with van der Waals surface area (Å²) in [4.78, 5) is 35.8. The van der Waals surface area contributed by atoms with E-state index in [1.807, 2.05) is 0 Å². The number of esters is 2. The van der Waals surface area contributed by atoms with Crippen molar-refractivity contribution >= 4 is 23.5 Å². The van der Waals surface area contributed by atoms with Crippen molar-refractivity contribution in [2.45, 2.75) is 19.6 Å². The molecule has 0 bridgehead atoms. The van der Waals surface area contributed by atoms with Gasteiger partial charge in [0.15, 0.2) is 5.57 Å². The monoisotopic (exact) mass is 273 g/mol. The highest BCUT2D eigenvalue weighted by atomic mass is 16.7. The molecule has 2 heterocycles. The molecule has 1 N–H and O–H groups in total. The van der Waals surface area contributed by atoms with E-state index in [-0.39, 0.29) is 17.2 Å². The normalized spacial score (nSPS) is 20.2. The van der Waals surface area contributed by atoms with Gasteiger partial charge in [0.1, 0.15) is 0 Å². The molecule has 102 valence electrons. The number of ether oxygens (including phenoxy) is 2. The Labute approximate surface area is 114 Å². The van der Waals surface area contributed by atoms with Gasteiger partial charge in [0, 0.05) is 25.0 Å². The summed E-state index contributed by atoms with van der Waals surface area (Å²) in [6, 6.07) is 6.67. The molecule has 0 atom stereocenters. The van der Waals surface area contributed by atoms with Crippen LogP contribution in [0.3, 0.4) is 0 Å². The van der Waals surface area contributed by atoms with Crippen LogP contribution in [0.5, 0.6) is 0 Å². The molecule has 20 heavy (non-hydrogen) atoms. The second-order valence-corrected chi connectivity index (χ2v) is 4.93.